The number of nitrogens with one attached hydrogen (secondary N) is 2. The van der Waals surface area contributed by atoms with Crippen LogP contribution in [0.25, 0.3) is 0 Å². The molecule has 2 N–H and O–H groups in total. The first-order valence-corrected chi connectivity index (χ1v) is 11.4. The molecule has 6 heteroatoms. The van der Waals surface area contributed by atoms with E-state index < -0.39 is 0 Å². The Morgan fingerprint density at radius 1 is 1.31 bits per heavy atom. The summed E-state index contributed by atoms with van der Waals surface area (Å²) in [5, 5.41) is 6.63. The summed E-state index contributed by atoms with van der Waals surface area (Å²) in [6.45, 7) is 17.5. The van der Waals surface area contributed by atoms with Gasteiger partial charge in [0, 0.05) is 49.2 Å². The van der Waals surface area contributed by atoms with Gasteiger partial charge >= 0.3 is 0 Å². The predicted molar refractivity (Wildman–Crippen MR) is 135 cm³/mol. The largest absolute Gasteiger partial charge is 0.364 e. The van der Waals surface area contributed by atoms with E-state index in [4.69, 9.17) is 0 Å². The number of pyridine rings is 1. The summed E-state index contributed by atoms with van der Waals surface area (Å²) in [5.41, 5.74) is 4.16. The number of aliphatic imine (C=N–C) groups is 1. The Kier molecular flexibility index (Phi) is 8.81. The topological polar surface area (TPSA) is 69.6 Å². The first-order valence-electron chi connectivity index (χ1n) is 11.4. The van der Waals surface area contributed by atoms with E-state index in [1.165, 1.54) is 0 Å². The molecule has 0 aliphatic heterocycles. The fraction of sp³-hybridized carbons (Fsp3) is 0.500. The number of hydrogen-bond acceptors (Lipinski definition) is 5. The zero-order valence-corrected chi connectivity index (χ0v) is 20.8. The molecule has 1 aliphatic carbocycles. The molecule has 1 aromatic heterocycles. The van der Waals surface area contributed by atoms with E-state index in [9.17, 15) is 4.79 Å². The highest BCUT2D eigenvalue weighted by Gasteiger charge is 2.38. The highest BCUT2D eigenvalue weighted by atomic mass is 16.1. The lowest BCUT2D eigenvalue weighted by Gasteiger charge is -2.21. The lowest BCUT2D eigenvalue weighted by molar-refractivity contribution is -0.117. The van der Waals surface area contributed by atoms with E-state index in [0.717, 1.165) is 53.9 Å². The van der Waals surface area contributed by atoms with Crippen molar-refractivity contribution in [2.45, 2.75) is 72.9 Å². The van der Waals surface area contributed by atoms with Gasteiger partial charge in [-0.3, -0.25) is 4.79 Å². The maximum absolute atomic E-state index is 13.4. The summed E-state index contributed by atoms with van der Waals surface area (Å²) in [7, 11) is 2.03. The summed E-state index contributed by atoms with van der Waals surface area (Å²) in [6, 6.07) is 3.96. The van der Waals surface area contributed by atoms with Gasteiger partial charge in [0.2, 0.25) is 0 Å². The molecule has 1 amide bonds. The number of amides is 1. The van der Waals surface area contributed by atoms with Crippen molar-refractivity contribution in [3.8, 4) is 0 Å². The van der Waals surface area contributed by atoms with Crippen LogP contribution in [0.2, 0.25) is 0 Å². The smallest absolute Gasteiger partial charge is 0.252 e. The Morgan fingerprint density at radius 3 is 2.53 bits per heavy atom. The maximum Gasteiger partial charge on any atom is 0.252 e. The molecule has 0 radical (unpaired) electrons. The van der Waals surface area contributed by atoms with Gasteiger partial charge in [-0.15, -0.1) is 0 Å². The van der Waals surface area contributed by atoms with Crippen molar-refractivity contribution in [3.63, 3.8) is 0 Å². The molecule has 0 saturated heterocycles. The summed E-state index contributed by atoms with van der Waals surface area (Å²) < 4.78 is 0. The van der Waals surface area contributed by atoms with Gasteiger partial charge in [0.05, 0.1) is 0 Å². The number of allylic oxidation sites excluding steroid dienone is 2. The van der Waals surface area contributed by atoms with Crippen LogP contribution in [0.4, 0.5) is 5.82 Å². The van der Waals surface area contributed by atoms with Crippen molar-refractivity contribution < 1.29 is 4.79 Å². The molecule has 1 aliphatic rings. The highest BCUT2D eigenvalue weighted by molar-refractivity contribution is 6.00. The zero-order valence-electron chi connectivity index (χ0n) is 20.8. The molecule has 1 saturated carbocycles. The first-order chi connectivity index (χ1) is 15.1. The molecule has 6 nitrogen and oxygen atoms in total. The summed E-state index contributed by atoms with van der Waals surface area (Å²) in [4.78, 5) is 24.5. The van der Waals surface area contributed by atoms with Gasteiger partial charge in [0.15, 0.2) is 0 Å². The number of hydrogen-bond donors (Lipinski definition) is 2. The molecular formula is C26H39N5O. The van der Waals surface area contributed by atoms with Gasteiger partial charge in [-0.25, -0.2) is 9.98 Å². The van der Waals surface area contributed by atoms with Gasteiger partial charge in [-0.2, -0.15) is 0 Å². The molecule has 1 fully saturated rings. The minimum atomic E-state index is -0.130. The lowest BCUT2D eigenvalue weighted by Crippen LogP contribution is -2.31. The van der Waals surface area contributed by atoms with Gasteiger partial charge in [-0.1, -0.05) is 19.1 Å². The van der Waals surface area contributed by atoms with Crippen molar-refractivity contribution in [1.82, 2.24) is 15.6 Å². The van der Waals surface area contributed by atoms with Gasteiger partial charge < -0.3 is 15.5 Å². The predicted octanol–water partition coefficient (Wildman–Crippen LogP) is 4.90. The molecule has 0 aromatic carbocycles. The summed E-state index contributed by atoms with van der Waals surface area (Å²) in [5.74, 6) is 1.48. The summed E-state index contributed by atoms with van der Waals surface area (Å²) in [6.07, 6.45) is 6.77. The standard InChI is InChI=1S/C26H39N5O/c1-9-15-31(8)21-16-20(11-14-28-21)17-29-25(32)23(19(5)6)22(18(3)4)24(27-10-2)30-26(7)12-13-26/h10-11,14,16,30H,3,9,12-13,15,17H2,1-2,4-8H3,(H,29,32)/b24-22-,27-10?. The molecule has 2 rings (SSSR count). The second-order valence-electron chi connectivity index (χ2n) is 9.08. The molecule has 0 spiro atoms. The summed E-state index contributed by atoms with van der Waals surface area (Å²) >= 11 is 0. The number of anilines is 1. The lowest BCUT2D eigenvalue weighted by atomic mass is 9.94. The number of aromatic nitrogens is 1. The highest BCUT2D eigenvalue weighted by Crippen LogP contribution is 2.37. The van der Waals surface area contributed by atoms with E-state index in [1.807, 2.05) is 46.9 Å². The van der Waals surface area contributed by atoms with Gasteiger partial charge in [0.25, 0.3) is 5.91 Å². The third-order valence-electron chi connectivity index (χ3n) is 5.53. The molecule has 0 bridgehead atoms. The SMILES string of the molecule is C=C(C)/C(C(C(=O)NCc1ccnc(N(C)CCC)c1)=C(C)C)=C(\N=CC)NC1(C)CC1. The fourth-order valence-corrected chi connectivity index (χ4v) is 3.51. The molecule has 0 atom stereocenters. The minimum Gasteiger partial charge on any atom is -0.364 e. The average Bonchev–Trinajstić information content (AvgIpc) is 3.46. The monoisotopic (exact) mass is 437 g/mol. The van der Waals surface area contributed by atoms with E-state index >= 15 is 0 Å². The molecule has 0 unspecified atom stereocenters. The second-order valence-corrected chi connectivity index (χ2v) is 9.08. The Morgan fingerprint density at radius 2 is 2.00 bits per heavy atom. The minimum absolute atomic E-state index is 0.0315. The first kappa shape index (κ1) is 25.4. The van der Waals surface area contributed by atoms with Crippen LogP contribution in [0.5, 0.6) is 0 Å². The van der Waals surface area contributed by atoms with E-state index in [1.54, 1.807) is 12.4 Å². The maximum atomic E-state index is 13.4. The van der Waals surface area contributed by atoms with Crippen molar-refractivity contribution in [1.29, 1.82) is 0 Å². The molecule has 174 valence electrons. The van der Waals surface area contributed by atoms with Crippen LogP contribution in [-0.2, 0) is 11.3 Å². The van der Waals surface area contributed by atoms with Crippen LogP contribution in [0.1, 0.15) is 66.4 Å². The van der Waals surface area contributed by atoms with E-state index in [-0.39, 0.29) is 11.4 Å². The van der Waals surface area contributed by atoms with Crippen molar-refractivity contribution in [2.75, 3.05) is 18.5 Å². The van der Waals surface area contributed by atoms with Crippen LogP contribution in [0.15, 0.2) is 58.0 Å². The zero-order chi connectivity index (χ0) is 23.9. The molecule has 1 aromatic rings. The van der Waals surface area contributed by atoms with E-state index in [0.29, 0.717) is 17.9 Å². The van der Waals surface area contributed by atoms with Gasteiger partial charge in [-0.05, 0) is 77.2 Å². The third-order valence-corrected chi connectivity index (χ3v) is 5.53. The van der Waals surface area contributed by atoms with Crippen LogP contribution in [0.3, 0.4) is 0 Å². The third kappa shape index (κ3) is 6.81. The average molecular weight is 438 g/mol. The van der Waals surface area contributed by atoms with Crippen molar-refractivity contribution in [2.24, 2.45) is 4.99 Å². The van der Waals surface area contributed by atoms with Crippen LogP contribution < -0.4 is 15.5 Å². The van der Waals surface area contributed by atoms with Crippen molar-refractivity contribution in [3.05, 3.63) is 58.6 Å². The quantitative estimate of drug-likeness (QED) is 0.293. The number of nitrogens with zero attached hydrogens (tertiary/aromatic N) is 3. The van der Waals surface area contributed by atoms with E-state index in [2.05, 4.69) is 45.9 Å². The Labute approximate surface area is 193 Å². The Hall–Kier alpha value is -2.89. The Balaban J connectivity index is 2.30. The normalized spacial score (nSPS) is 15.1. The van der Waals surface area contributed by atoms with Gasteiger partial charge in [0.1, 0.15) is 11.6 Å². The number of carbonyl (C=O) groups is 1. The Bertz CT molecular complexity index is 933. The molecule has 32 heavy (non-hydrogen) atoms. The number of carbonyl (C=O) groups excluding carboxylic acids is 1. The second kappa shape index (κ2) is 11.1. The van der Waals surface area contributed by atoms with Crippen molar-refractivity contribution >= 4 is 17.9 Å². The van der Waals surface area contributed by atoms with Crippen LogP contribution in [0, 0.1) is 0 Å². The molecule has 1 heterocycles. The molecular weight excluding hydrogens is 398 g/mol. The number of rotatable bonds is 11. The van der Waals surface area contributed by atoms with Crippen LogP contribution >= 0.6 is 0 Å². The van der Waals surface area contributed by atoms with Crippen LogP contribution in [-0.4, -0.2) is 36.2 Å². The fourth-order valence-electron chi connectivity index (χ4n) is 3.51.